The third kappa shape index (κ3) is 1.94. The molecule has 2 N–H and O–H groups in total. The molecule has 4 saturated heterocycles. The number of H-pyrrole nitrogens is 1. The summed E-state index contributed by atoms with van der Waals surface area (Å²) in [6, 6.07) is 3.80. The summed E-state index contributed by atoms with van der Waals surface area (Å²) in [6.07, 6.45) is 6.03. The Labute approximate surface area is 191 Å². The van der Waals surface area contributed by atoms with Crippen LogP contribution in [0.2, 0.25) is 0 Å². The van der Waals surface area contributed by atoms with Gasteiger partial charge in [-0.2, -0.15) is 0 Å². The van der Waals surface area contributed by atoms with E-state index in [2.05, 4.69) is 24.1 Å². The Balaban J connectivity index is 1.51. The highest BCUT2D eigenvalue weighted by molar-refractivity contribution is 6.28. The standard InChI is InChI=1S/C26H27N3O4/c1-23(2)10-8-13-15(33-23)7-6-14-17-19(27-18(13)14)24(3,4)16-12-25-9-5-11-29(25)22(32)26(16,20(17)30)28-21(25)31/h6-8,10,16,27H,5,9,11-12H2,1-4H3,(H,28,31)/t16-,25+,26-/m1/s1. The monoisotopic (exact) mass is 445 g/mol. The van der Waals surface area contributed by atoms with E-state index in [1.54, 1.807) is 4.90 Å². The average Bonchev–Trinajstić information content (AvgIpc) is 3.36. The van der Waals surface area contributed by atoms with Crippen LogP contribution in [0, 0.1) is 5.92 Å². The molecule has 33 heavy (non-hydrogen) atoms. The Morgan fingerprint density at radius 1 is 1.12 bits per heavy atom. The maximum atomic E-state index is 14.3. The molecule has 6 heterocycles. The molecule has 7 heteroatoms. The van der Waals surface area contributed by atoms with E-state index in [0.717, 1.165) is 34.3 Å². The number of Topliss-reactive ketones (excluding diaryl/α,β-unsaturated/α-hetero) is 1. The van der Waals surface area contributed by atoms with Crippen molar-refractivity contribution in [3.05, 3.63) is 35.0 Å². The summed E-state index contributed by atoms with van der Waals surface area (Å²) < 4.78 is 6.15. The van der Waals surface area contributed by atoms with Crippen LogP contribution in [-0.2, 0) is 15.0 Å². The van der Waals surface area contributed by atoms with Gasteiger partial charge in [0.15, 0.2) is 5.54 Å². The minimum absolute atomic E-state index is 0.167. The molecule has 4 fully saturated rings. The average molecular weight is 446 g/mol. The van der Waals surface area contributed by atoms with Crippen LogP contribution in [-0.4, -0.2) is 50.7 Å². The number of ketones is 1. The lowest BCUT2D eigenvalue weighted by molar-refractivity contribution is -0.174. The SMILES string of the molecule is CC1(C)C=Cc2c(ccc3c4c([nH]c23)C(C)(C)[C@H]2C[C@]35CCCN3C(=O)[C@]2(NC5=O)C4=O)O1. The van der Waals surface area contributed by atoms with E-state index in [1.165, 1.54) is 0 Å². The summed E-state index contributed by atoms with van der Waals surface area (Å²) >= 11 is 0. The van der Waals surface area contributed by atoms with E-state index >= 15 is 0 Å². The van der Waals surface area contributed by atoms with Crippen LogP contribution in [0.3, 0.4) is 0 Å². The zero-order valence-corrected chi connectivity index (χ0v) is 19.3. The number of carbonyl (C=O) groups is 3. The lowest BCUT2D eigenvalue weighted by Crippen LogP contribution is -2.86. The van der Waals surface area contributed by atoms with E-state index in [4.69, 9.17) is 4.74 Å². The van der Waals surface area contributed by atoms with Crippen LogP contribution in [0.1, 0.15) is 68.6 Å². The molecule has 7 nitrogen and oxygen atoms in total. The van der Waals surface area contributed by atoms with Crippen LogP contribution < -0.4 is 10.1 Å². The van der Waals surface area contributed by atoms with E-state index in [9.17, 15) is 14.4 Å². The molecule has 1 aliphatic carbocycles. The fourth-order valence-corrected chi connectivity index (χ4v) is 7.32. The molecule has 2 spiro atoms. The Morgan fingerprint density at radius 2 is 1.91 bits per heavy atom. The number of hydrogen-bond donors (Lipinski definition) is 2. The highest BCUT2D eigenvalue weighted by Crippen LogP contribution is 2.59. The minimum atomic E-state index is -1.53. The van der Waals surface area contributed by atoms with Gasteiger partial charge in [0, 0.05) is 40.1 Å². The number of piperidine rings is 2. The summed E-state index contributed by atoms with van der Waals surface area (Å²) in [5, 5.41) is 3.76. The van der Waals surface area contributed by atoms with Crippen molar-refractivity contribution in [1.82, 2.24) is 15.2 Å². The molecule has 3 atom stereocenters. The van der Waals surface area contributed by atoms with Gasteiger partial charge in [-0.1, -0.05) is 13.8 Å². The lowest BCUT2D eigenvalue weighted by atomic mass is 9.51. The fraction of sp³-hybridized carbons (Fsp3) is 0.500. The van der Waals surface area contributed by atoms with E-state index in [1.807, 2.05) is 38.1 Å². The van der Waals surface area contributed by atoms with Crippen molar-refractivity contribution in [2.45, 2.75) is 69.1 Å². The number of benzene rings is 1. The Hall–Kier alpha value is -3.09. The molecular formula is C26H27N3O4. The zero-order valence-electron chi connectivity index (χ0n) is 19.3. The molecule has 170 valence electrons. The molecule has 5 aliphatic heterocycles. The molecule has 1 aromatic heterocycles. The van der Waals surface area contributed by atoms with Gasteiger partial charge in [0.1, 0.15) is 16.9 Å². The second-order valence-electron chi connectivity index (χ2n) is 11.5. The largest absolute Gasteiger partial charge is 0.483 e. The van der Waals surface area contributed by atoms with Crippen LogP contribution >= 0.6 is 0 Å². The first kappa shape index (κ1) is 19.4. The van der Waals surface area contributed by atoms with Gasteiger partial charge in [-0.25, -0.2) is 0 Å². The smallest absolute Gasteiger partial charge is 0.257 e. The molecule has 8 rings (SSSR count). The molecule has 0 saturated carbocycles. The predicted molar refractivity (Wildman–Crippen MR) is 122 cm³/mol. The normalized spacial score (nSPS) is 34.5. The molecule has 6 aliphatic rings. The second kappa shape index (κ2) is 5.34. The number of aromatic nitrogens is 1. The van der Waals surface area contributed by atoms with Crippen LogP contribution in [0.5, 0.6) is 5.75 Å². The first-order valence-corrected chi connectivity index (χ1v) is 11.8. The van der Waals surface area contributed by atoms with Crippen molar-refractivity contribution < 1.29 is 19.1 Å². The van der Waals surface area contributed by atoms with Crippen molar-refractivity contribution in [2.24, 2.45) is 5.92 Å². The highest BCUT2D eigenvalue weighted by Gasteiger charge is 2.76. The van der Waals surface area contributed by atoms with Crippen molar-refractivity contribution in [3.8, 4) is 5.75 Å². The first-order valence-electron chi connectivity index (χ1n) is 11.8. The highest BCUT2D eigenvalue weighted by atomic mass is 16.5. The maximum absolute atomic E-state index is 14.3. The number of carbonyl (C=O) groups excluding carboxylic acids is 3. The van der Waals surface area contributed by atoms with Crippen LogP contribution in [0.25, 0.3) is 17.0 Å². The van der Waals surface area contributed by atoms with Crippen LogP contribution in [0.15, 0.2) is 18.2 Å². The first-order chi connectivity index (χ1) is 15.5. The molecule has 2 aromatic rings. The van der Waals surface area contributed by atoms with Gasteiger partial charge >= 0.3 is 0 Å². The number of piperazine rings is 1. The third-order valence-corrected chi connectivity index (χ3v) is 8.97. The number of nitrogens with zero attached hydrogens (tertiary/aromatic N) is 1. The third-order valence-electron chi connectivity index (χ3n) is 8.97. The predicted octanol–water partition coefficient (Wildman–Crippen LogP) is 3.08. The molecular weight excluding hydrogens is 418 g/mol. The van der Waals surface area contributed by atoms with E-state index in [-0.39, 0.29) is 23.5 Å². The fourth-order valence-electron chi connectivity index (χ4n) is 7.32. The summed E-state index contributed by atoms with van der Waals surface area (Å²) in [7, 11) is 0. The number of hydrogen-bond acceptors (Lipinski definition) is 4. The Morgan fingerprint density at radius 3 is 2.70 bits per heavy atom. The van der Waals surface area contributed by atoms with Crippen molar-refractivity contribution in [3.63, 3.8) is 0 Å². The Kier molecular flexibility index (Phi) is 3.14. The summed E-state index contributed by atoms with van der Waals surface area (Å²) in [4.78, 5) is 46.7. The number of amides is 2. The van der Waals surface area contributed by atoms with Gasteiger partial charge < -0.3 is 19.9 Å². The van der Waals surface area contributed by atoms with E-state index in [0.29, 0.717) is 24.9 Å². The maximum Gasteiger partial charge on any atom is 0.257 e. The molecule has 2 amide bonds. The zero-order chi connectivity index (χ0) is 23.1. The molecule has 0 radical (unpaired) electrons. The summed E-state index contributed by atoms with van der Waals surface area (Å²) in [5.74, 6) is -0.220. The van der Waals surface area contributed by atoms with Gasteiger partial charge in [0.2, 0.25) is 11.7 Å². The number of fused-ring (bicyclic) bond motifs is 6. The molecule has 2 bridgehead atoms. The van der Waals surface area contributed by atoms with Crippen molar-refractivity contribution in [1.29, 1.82) is 0 Å². The van der Waals surface area contributed by atoms with Gasteiger partial charge in [0.25, 0.3) is 5.91 Å². The number of aromatic amines is 1. The van der Waals surface area contributed by atoms with Gasteiger partial charge in [-0.05, 0) is 57.4 Å². The van der Waals surface area contributed by atoms with Crippen molar-refractivity contribution >= 4 is 34.6 Å². The molecule has 1 aromatic carbocycles. The number of rotatable bonds is 0. The summed E-state index contributed by atoms with van der Waals surface area (Å²) in [6.45, 7) is 8.74. The van der Waals surface area contributed by atoms with Crippen molar-refractivity contribution in [2.75, 3.05) is 6.54 Å². The summed E-state index contributed by atoms with van der Waals surface area (Å²) in [5.41, 5.74) is -0.146. The molecule has 0 unspecified atom stereocenters. The Bertz CT molecular complexity index is 1370. The number of ether oxygens (including phenoxy) is 1. The van der Waals surface area contributed by atoms with Gasteiger partial charge in [-0.3, -0.25) is 14.4 Å². The lowest BCUT2D eigenvalue weighted by Gasteiger charge is -2.62. The number of nitrogens with one attached hydrogen (secondary N) is 2. The topological polar surface area (TPSA) is 91.5 Å². The van der Waals surface area contributed by atoms with Crippen LogP contribution in [0.4, 0.5) is 0 Å². The second-order valence-corrected chi connectivity index (χ2v) is 11.5. The van der Waals surface area contributed by atoms with Gasteiger partial charge in [0.05, 0.1) is 5.52 Å². The van der Waals surface area contributed by atoms with Gasteiger partial charge in [-0.15, -0.1) is 0 Å². The van der Waals surface area contributed by atoms with E-state index < -0.39 is 22.1 Å². The quantitative estimate of drug-likeness (QED) is 0.610. The minimum Gasteiger partial charge on any atom is -0.483 e.